The average Bonchev–Trinajstić information content (AvgIpc) is 2.15. The molecule has 0 saturated heterocycles. The van der Waals surface area contributed by atoms with Gasteiger partial charge in [-0.1, -0.05) is 12.1 Å². The molecule has 0 aliphatic rings. The van der Waals surface area contributed by atoms with E-state index in [2.05, 4.69) is 0 Å². The van der Waals surface area contributed by atoms with Crippen LogP contribution in [0.1, 0.15) is 10.4 Å². The first-order valence-electron chi connectivity index (χ1n) is 4.37. The van der Waals surface area contributed by atoms with Crippen LogP contribution >= 0.6 is 0 Å². The number of carbonyl (C=O) groups excluding carboxylic acids is 1. The predicted molar refractivity (Wildman–Crippen MR) is 59.6 cm³/mol. The van der Waals surface area contributed by atoms with Crippen LogP contribution < -0.4 is 4.72 Å². The van der Waals surface area contributed by atoms with Crippen molar-refractivity contribution in [1.82, 2.24) is 4.90 Å². The average molecular weight is 244 g/mol. The maximum absolute atomic E-state index is 11.7. The van der Waals surface area contributed by atoms with Gasteiger partial charge in [-0.25, -0.2) is 0 Å². The molecule has 16 heavy (non-hydrogen) atoms. The summed E-state index contributed by atoms with van der Waals surface area (Å²) in [6.45, 7) is 0. The number of para-hydroxylation sites is 1. The van der Waals surface area contributed by atoms with Crippen molar-refractivity contribution in [2.75, 3.05) is 18.8 Å². The molecule has 0 saturated carbocycles. The van der Waals surface area contributed by atoms with Gasteiger partial charge < -0.3 is 4.90 Å². The molecule has 0 aromatic heterocycles. The first kappa shape index (κ1) is 12.5. The molecule has 0 unspecified atom stereocenters. The highest BCUT2D eigenvalue weighted by Crippen LogP contribution is 2.17. The second-order valence-electron chi connectivity index (χ2n) is 3.32. The van der Waals surface area contributed by atoms with Crippen molar-refractivity contribution in [1.29, 1.82) is 0 Å². The van der Waals surface area contributed by atoms with Gasteiger partial charge in [0.1, 0.15) is 0 Å². The largest absolute Gasteiger partial charge is 0.357 e. The standard InChI is InChI=1S/C9H12N2O4S/c1-11(2)9(12)7-5-3-4-6-8(7)10-16(13,14)15/h3-6,10H,1-2H3,(H,13,14,15). The Morgan fingerprint density at radius 2 is 1.88 bits per heavy atom. The Balaban J connectivity index is 3.16. The van der Waals surface area contributed by atoms with Crippen LogP contribution in [0.15, 0.2) is 24.3 Å². The van der Waals surface area contributed by atoms with Crippen molar-refractivity contribution in [3.05, 3.63) is 29.8 Å². The lowest BCUT2D eigenvalue weighted by molar-refractivity contribution is 0.0828. The van der Waals surface area contributed by atoms with E-state index < -0.39 is 10.3 Å². The second kappa shape index (κ2) is 4.50. The fourth-order valence-corrected chi connectivity index (χ4v) is 1.59. The minimum absolute atomic E-state index is 0.0451. The Morgan fingerprint density at radius 1 is 1.31 bits per heavy atom. The highest BCUT2D eigenvalue weighted by molar-refractivity contribution is 7.87. The first-order valence-corrected chi connectivity index (χ1v) is 5.81. The Labute approximate surface area is 93.8 Å². The number of anilines is 1. The number of nitrogens with one attached hydrogen (secondary N) is 1. The molecule has 0 bridgehead atoms. The molecule has 0 fully saturated rings. The van der Waals surface area contributed by atoms with Gasteiger partial charge >= 0.3 is 10.3 Å². The minimum Gasteiger partial charge on any atom is -0.345 e. The third-order valence-corrected chi connectivity index (χ3v) is 2.28. The molecule has 0 aliphatic heterocycles. The quantitative estimate of drug-likeness (QED) is 0.762. The summed E-state index contributed by atoms with van der Waals surface area (Å²) < 4.78 is 31.8. The molecule has 7 heteroatoms. The lowest BCUT2D eigenvalue weighted by atomic mass is 10.1. The third-order valence-electron chi connectivity index (χ3n) is 1.80. The van der Waals surface area contributed by atoms with Crippen molar-refractivity contribution in [2.24, 2.45) is 0 Å². The van der Waals surface area contributed by atoms with Crippen LogP contribution in [0, 0.1) is 0 Å². The van der Waals surface area contributed by atoms with E-state index in [0.717, 1.165) is 0 Å². The maximum Gasteiger partial charge on any atom is 0.357 e. The van der Waals surface area contributed by atoms with Gasteiger partial charge in [-0.3, -0.25) is 14.1 Å². The molecule has 0 heterocycles. The van der Waals surface area contributed by atoms with E-state index in [1.165, 1.54) is 17.0 Å². The SMILES string of the molecule is CN(C)C(=O)c1ccccc1NS(=O)(=O)O. The minimum atomic E-state index is -4.38. The smallest absolute Gasteiger partial charge is 0.345 e. The van der Waals surface area contributed by atoms with E-state index in [4.69, 9.17) is 4.55 Å². The highest BCUT2D eigenvalue weighted by atomic mass is 32.2. The van der Waals surface area contributed by atoms with Crippen LogP contribution in [-0.2, 0) is 10.3 Å². The normalized spacial score (nSPS) is 10.9. The van der Waals surface area contributed by atoms with E-state index in [-0.39, 0.29) is 17.2 Å². The van der Waals surface area contributed by atoms with Gasteiger partial charge in [-0.15, -0.1) is 0 Å². The summed E-state index contributed by atoms with van der Waals surface area (Å²) in [5.74, 6) is -0.355. The third kappa shape index (κ3) is 3.21. The summed E-state index contributed by atoms with van der Waals surface area (Å²) in [5.41, 5.74) is 0.217. The maximum atomic E-state index is 11.7. The number of hydrogen-bond donors (Lipinski definition) is 2. The molecule has 0 aliphatic carbocycles. The summed E-state index contributed by atoms with van der Waals surface area (Å²) in [6, 6.07) is 6.02. The molecule has 1 aromatic carbocycles. The van der Waals surface area contributed by atoms with Crippen molar-refractivity contribution in [3.63, 3.8) is 0 Å². The number of benzene rings is 1. The summed E-state index contributed by atoms with van der Waals surface area (Å²) >= 11 is 0. The molecule has 88 valence electrons. The Bertz CT molecular complexity index is 496. The molecule has 0 spiro atoms. The Kier molecular flexibility index (Phi) is 3.51. The van der Waals surface area contributed by atoms with Gasteiger partial charge in [0.15, 0.2) is 0 Å². The van der Waals surface area contributed by atoms with E-state index in [0.29, 0.717) is 0 Å². The van der Waals surface area contributed by atoms with Crippen LogP contribution in [0.3, 0.4) is 0 Å². The number of hydrogen-bond acceptors (Lipinski definition) is 3. The lowest BCUT2D eigenvalue weighted by Crippen LogP contribution is -2.23. The molecule has 0 radical (unpaired) electrons. The number of carbonyl (C=O) groups is 1. The second-order valence-corrected chi connectivity index (χ2v) is 4.48. The van der Waals surface area contributed by atoms with Gasteiger partial charge in [0.2, 0.25) is 0 Å². The first-order chi connectivity index (χ1) is 7.31. The molecule has 0 atom stereocenters. The zero-order valence-electron chi connectivity index (χ0n) is 8.84. The zero-order valence-corrected chi connectivity index (χ0v) is 9.65. The fourth-order valence-electron chi connectivity index (χ4n) is 1.14. The van der Waals surface area contributed by atoms with E-state index >= 15 is 0 Å². The topological polar surface area (TPSA) is 86.7 Å². The van der Waals surface area contributed by atoms with Gasteiger partial charge in [0.25, 0.3) is 5.91 Å². The predicted octanol–water partition coefficient (Wildman–Crippen LogP) is 0.603. The van der Waals surface area contributed by atoms with Crippen LogP contribution in [0.4, 0.5) is 5.69 Å². The zero-order chi connectivity index (χ0) is 12.3. The van der Waals surface area contributed by atoms with Crippen molar-refractivity contribution in [2.45, 2.75) is 0 Å². The molecular formula is C9H12N2O4S. The van der Waals surface area contributed by atoms with Gasteiger partial charge in [0.05, 0.1) is 11.3 Å². The fraction of sp³-hybridized carbons (Fsp3) is 0.222. The van der Waals surface area contributed by atoms with Crippen molar-refractivity contribution >= 4 is 21.9 Å². The molecular weight excluding hydrogens is 232 g/mol. The summed E-state index contributed by atoms with van der Waals surface area (Å²) in [5, 5.41) is 0. The van der Waals surface area contributed by atoms with E-state index in [1.54, 1.807) is 26.2 Å². The summed E-state index contributed by atoms with van der Waals surface area (Å²) in [6.07, 6.45) is 0. The van der Waals surface area contributed by atoms with Crippen LogP contribution in [0.2, 0.25) is 0 Å². The Morgan fingerprint density at radius 3 is 2.38 bits per heavy atom. The van der Waals surface area contributed by atoms with Crippen LogP contribution in [-0.4, -0.2) is 37.9 Å². The lowest BCUT2D eigenvalue weighted by Gasteiger charge is -2.13. The van der Waals surface area contributed by atoms with Gasteiger partial charge in [-0.05, 0) is 12.1 Å². The highest BCUT2D eigenvalue weighted by Gasteiger charge is 2.15. The van der Waals surface area contributed by atoms with Crippen molar-refractivity contribution in [3.8, 4) is 0 Å². The molecule has 2 N–H and O–H groups in total. The monoisotopic (exact) mass is 244 g/mol. The summed E-state index contributed by atoms with van der Waals surface area (Å²) in [7, 11) is -1.28. The molecule has 1 amide bonds. The molecule has 1 rings (SSSR count). The number of rotatable bonds is 3. The molecule has 1 aromatic rings. The van der Waals surface area contributed by atoms with Crippen LogP contribution in [0.25, 0.3) is 0 Å². The van der Waals surface area contributed by atoms with Gasteiger partial charge in [-0.2, -0.15) is 8.42 Å². The van der Waals surface area contributed by atoms with Crippen molar-refractivity contribution < 1.29 is 17.8 Å². The number of nitrogens with zero attached hydrogens (tertiary/aromatic N) is 1. The Hall–Kier alpha value is -1.60. The summed E-state index contributed by atoms with van der Waals surface area (Å²) in [4.78, 5) is 13.0. The van der Waals surface area contributed by atoms with E-state index in [9.17, 15) is 13.2 Å². The van der Waals surface area contributed by atoms with Crippen LogP contribution in [0.5, 0.6) is 0 Å². The van der Waals surface area contributed by atoms with Gasteiger partial charge in [0, 0.05) is 14.1 Å². The van der Waals surface area contributed by atoms with E-state index in [1.807, 2.05) is 4.72 Å². The number of amides is 1. The molecule has 6 nitrogen and oxygen atoms in total.